The summed E-state index contributed by atoms with van der Waals surface area (Å²) in [6, 6.07) is -0.609. The van der Waals surface area contributed by atoms with Crippen LogP contribution >= 0.6 is 0 Å². The molecule has 148 valence electrons. The Hall–Kier alpha value is -1.18. The van der Waals surface area contributed by atoms with Crippen molar-refractivity contribution >= 4 is 11.8 Å². The monoisotopic (exact) mass is 359 g/mol. The molecule has 0 aliphatic carbocycles. The third-order valence-electron chi connectivity index (χ3n) is 4.27. The highest BCUT2D eigenvalue weighted by atomic mass is 16.3. The Kier molecular flexibility index (Phi) is 14.4. The Bertz CT molecular complexity index is 366. The summed E-state index contributed by atoms with van der Waals surface area (Å²) in [5.41, 5.74) is 0. The van der Waals surface area contributed by atoms with Crippen molar-refractivity contribution in [1.29, 1.82) is 0 Å². The SMILES string of the molecule is CCCCCC(O)C(CCO)NCCCC[C@H](NC(C)=O)C(=O)NC. The first-order chi connectivity index (χ1) is 12.0. The number of hydrogen-bond acceptors (Lipinski definition) is 5. The highest BCUT2D eigenvalue weighted by molar-refractivity contribution is 5.86. The molecule has 0 bridgehead atoms. The van der Waals surface area contributed by atoms with Gasteiger partial charge in [-0.25, -0.2) is 0 Å². The van der Waals surface area contributed by atoms with Crippen molar-refractivity contribution in [3.8, 4) is 0 Å². The van der Waals surface area contributed by atoms with Gasteiger partial charge in [0.05, 0.1) is 6.10 Å². The summed E-state index contributed by atoms with van der Waals surface area (Å²) in [5.74, 6) is -0.405. The molecule has 0 aromatic rings. The van der Waals surface area contributed by atoms with Crippen molar-refractivity contribution in [2.75, 3.05) is 20.2 Å². The van der Waals surface area contributed by atoms with Gasteiger partial charge in [0.1, 0.15) is 6.04 Å². The number of aliphatic hydroxyl groups excluding tert-OH is 2. The average molecular weight is 360 g/mol. The molecule has 0 radical (unpaired) electrons. The van der Waals surface area contributed by atoms with Crippen LogP contribution in [0.4, 0.5) is 0 Å². The third kappa shape index (κ3) is 11.9. The summed E-state index contributed by atoms with van der Waals surface area (Å²) < 4.78 is 0. The molecule has 2 amide bonds. The minimum Gasteiger partial charge on any atom is -0.396 e. The van der Waals surface area contributed by atoms with Gasteiger partial charge in [-0.2, -0.15) is 0 Å². The van der Waals surface area contributed by atoms with Crippen LogP contribution in [0.2, 0.25) is 0 Å². The van der Waals surface area contributed by atoms with Crippen LogP contribution in [0.15, 0.2) is 0 Å². The second-order valence-electron chi connectivity index (χ2n) is 6.50. The molecule has 25 heavy (non-hydrogen) atoms. The number of likely N-dealkylation sites (N-methyl/N-ethyl adjacent to an activating group) is 1. The van der Waals surface area contributed by atoms with Crippen LogP contribution in [0, 0.1) is 0 Å². The lowest BCUT2D eigenvalue weighted by atomic mass is 10.0. The number of carbonyl (C=O) groups is 2. The van der Waals surface area contributed by atoms with E-state index in [9.17, 15) is 14.7 Å². The molecular weight excluding hydrogens is 322 g/mol. The largest absolute Gasteiger partial charge is 0.396 e. The number of nitrogens with one attached hydrogen (secondary N) is 3. The smallest absolute Gasteiger partial charge is 0.242 e. The summed E-state index contributed by atoms with van der Waals surface area (Å²) in [7, 11) is 1.55. The molecule has 7 heteroatoms. The maximum Gasteiger partial charge on any atom is 0.242 e. The molecule has 0 aromatic heterocycles. The second-order valence-corrected chi connectivity index (χ2v) is 6.50. The van der Waals surface area contributed by atoms with Crippen LogP contribution in [-0.4, -0.2) is 60.4 Å². The molecule has 0 aliphatic heterocycles. The van der Waals surface area contributed by atoms with Gasteiger partial charge in [-0.1, -0.05) is 26.2 Å². The Morgan fingerprint density at radius 3 is 2.28 bits per heavy atom. The maximum absolute atomic E-state index is 11.7. The van der Waals surface area contributed by atoms with E-state index >= 15 is 0 Å². The van der Waals surface area contributed by atoms with Gasteiger partial charge in [0.25, 0.3) is 0 Å². The fourth-order valence-electron chi connectivity index (χ4n) is 2.82. The van der Waals surface area contributed by atoms with Gasteiger partial charge in [0.15, 0.2) is 0 Å². The van der Waals surface area contributed by atoms with Gasteiger partial charge in [0.2, 0.25) is 11.8 Å². The van der Waals surface area contributed by atoms with Crippen LogP contribution in [0.1, 0.15) is 65.2 Å². The molecule has 0 spiro atoms. The number of amides is 2. The van der Waals surface area contributed by atoms with Crippen LogP contribution in [0.25, 0.3) is 0 Å². The predicted molar refractivity (Wildman–Crippen MR) is 99.2 cm³/mol. The quantitative estimate of drug-likeness (QED) is 0.276. The van der Waals surface area contributed by atoms with Gasteiger partial charge in [-0.05, 0) is 38.6 Å². The van der Waals surface area contributed by atoms with Crippen molar-refractivity contribution < 1.29 is 19.8 Å². The van der Waals surface area contributed by atoms with Crippen molar-refractivity contribution in [2.45, 2.75) is 83.4 Å². The van der Waals surface area contributed by atoms with E-state index in [-0.39, 0.29) is 24.5 Å². The van der Waals surface area contributed by atoms with Crippen LogP contribution in [-0.2, 0) is 9.59 Å². The summed E-state index contributed by atoms with van der Waals surface area (Å²) in [5, 5.41) is 27.9. The molecule has 5 N–H and O–H groups in total. The predicted octanol–water partition coefficient (Wildman–Crippen LogP) is 0.689. The molecule has 3 atom stereocenters. The lowest BCUT2D eigenvalue weighted by Crippen LogP contribution is -2.45. The van der Waals surface area contributed by atoms with E-state index < -0.39 is 12.1 Å². The van der Waals surface area contributed by atoms with E-state index in [1.54, 1.807) is 7.05 Å². The van der Waals surface area contributed by atoms with Crippen molar-refractivity contribution in [2.24, 2.45) is 0 Å². The first-order valence-corrected chi connectivity index (χ1v) is 9.47. The van der Waals surface area contributed by atoms with Crippen molar-refractivity contribution in [1.82, 2.24) is 16.0 Å². The van der Waals surface area contributed by atoms with Gasteiger partial charge < -0.3 is 26.2 Å². The molecule has 0 aromatic carbocycles. The number of carbonyl (C=O) groups excluding carboxylic acids is 2. The summed E-state index contributed by atoms with van der Waals surface area (Å²) >= 11 is 0. The Labute approximate surface area is 152 Å². The van der Waals surface area contributed by atoms with E-state index in [1.165, 1.54) is 6.92 Å². The van der Waals surface area contributed by atoms with E-state index in [1.807, 2.05) is 0 Å². The molecule has 0 aliphatic rings. The molecule has 0 fully saturated rings. The van der Waals surface area contributed by atoms with E-state index in [2.05, 4.69) is 22.9 Å². The lowest BCUT2D eigenvalue weighted by molar-refractivity contribution is -0.127. The summed E-state index contributed by atoms with van der Waals surface area (Å²) in [4.78, 5) is 22.9. The van der Waals surface area contributed by atoms with Gasteiger partial charge in [0, 0.05) is 26.6 Å². The van der Waals surface area contributed by atoms with Gasteiger partial charge in [-0.3, -0.25) is 9.59 Å². The summed E-state index contributed by atoms with van der Waals surface area (Å²) in [6.45, 7) is 4.28. The molecule has 0 rings (SSSR count). The highest BCUT2D eigenvalue weighted by Gasteiger charge is 2.19. The Morgan fingerprint density at radius 1 is 1.04 bits per heavy atom. The van der Waals surface area contributed by atoms with E-state index in [4.69, 9.17) is 5.11 Å². The maximum atomic E-state index is 11.7. The number of aliphatic hydroxyl groups is 2. The lowest BCUT2D eigenvalue weighted by Gasteiger charge is -2.24. The molecular formula is C18H37N3O4. The van der Waals surface area contributed by atoms with E-state index in [0.29, 0.717) is 19.4 Å². The second kappa shape index (κ2) is 15.1. The normalized spacial score (nSPS) is 14.6. The van der Waals surface area contributed by atoms with Gasteiger partial charge >= 0.3 is 0 Å². The number of hydrogen-bond donors (Lipinski definition) is 5. The zero-order valence-electron chi connectivity index (χ0n) is 16.0. The topological polar surface area (TPSA) is 111 Å². The van der Waals surface area contributed by atoms with Crippen LogP contribution in [0.5, 0.6) is 0 Å². The Balaban J connectivity index is 4.13. The Morgan fingerprint density at radius 2 is 1.72 bits per heavy atom. The fourth-order valence-corrected chi connectivity index (χ4v) is 2.82. The third-order valence-corrected chi connectivity index (χ3v) is 4.27. The minimum atomic E-state index is -0.504. The molecule has 0 saturated carbocycles. The van der Waals surface area contributed by atoms with Crippen molar-refractivity contribution in [3.63, 3.8) is 0 Å². The highest BCUT2D eigenvalue weighted by Crippen LogP contribution is 2.10. The first kappa shape index (κ1) is 23.8. The minimum absolute atomic E-state index is 0.0454. The van der Waals surface area contributed by atoms with E-state index in [0.717, 1.165) is 38.5 Å². The molecule has 2 unspecified atom stereocenters. The molecule has 0 heterocycles. The zero-order chi connectivity index (χ0) is 19.1. The van der Waals surface area contributed by atoms with Gasteiger partial charge in [-0.15, -0.1) is 0 Å². The summed E-state index contributed by atoms with van der Waals surface area (Å²) in [6.07, 6.45) is 6.22. The number of rotatable bonds is 15. The van der Waals surface area contributed by atoms with Crippen LogP contribution < -0.4 is 16.0 Å². The average Bonchev–Trinajstić information content (AvgIpc) is 2.58. The molecule has 7 nitrogen and oxygen atoms in total. The zero-order valence-corrected chi connectivity index (χ0v) is 16.0. The standard InChI is InChI=1S/C18H37N3O4/c1-4-5-6-10-17(24)15(11-13-22)20-12-8-7-9-16(18(25)19-3)21-14(2)23/h15-17,20,22,24H,4-13H2,1-3H3,(H,19,25)(H,21,23)/t15?,16-,17?/m0/s1. The molecule has 0 saturated heterocycles. The first-order valence-electron chi connectivity index (χ1n) is 9.47. The van der Waals surface area contributed by atoms with Crippen molar-refractivity contribution in [3.05, 3.63) is 0 Å². The number of unbranched alkanes of at least 4 members (excludes halogenated alkanes) is 3. The van der Waals surface area contributed by atoms with Crippen LogP contribution in [0.3, 0.4) is 0 Å². The fraction of sp³-hybridized carbons (Fsp3) is 0.889.